The Kier molecular flexibility index (Phi) is 8.93. The van der Waals surface area contributed by atoms with Crippen molar-refractivity contribution in [2.75, 3.05) is 13.2 Å². The first kappa shape index (κ1) is 22.7. The van der Waals surface area contributed by atoms with E-state index in [4.69, 9.17) is 16.3 Å². The molecule has 2 aromatic carbocycles. The van der Waals surface area contributed by atoms with Crippen LogP contribution < -0.4 is 10.1 Å². The molecule has 2 aromatic rings. The molecule has 0 radical (unpaired) electrons. The van der Waals surface area contributed by atoms with E-state index in [1.54, 1.807) is 49.4 Å². The van der Waals surface area contributed by atoms with Gasteiger partial charge in [0.05, 0.1) is 0 Å². The minimum Gasteiger partial charge on any atom is -0.484 e. The van der Waals surface area contributed by atoms with Crippen molar-refractivity contribution in [3.8, 4) is 5.75 Å². The van der Waals surface area contributed by atoms with E-state index >= 15 is 0 Å². The van der Waals surface area contributed by atoms with Crippen LogP contribution in [0.5, 0.6) is 5.75 Å². The van der Waals surface area contributed by atoms with E-state index in [0.717, 1.165) is 12.8 Å². The second-order valence-corrected chi connectivity index (χ2v) is 7.12. The molecule has 0 saturated carbocycles. The van der Waals surface area contributed by atoms with Crippen molar-refractivity contribution in [1.29, 1.82) is 0 Å². The van der Waals surface area contributed by atoms with Gasteiger partial charge in [-0.25, -0.2) is 4.39 Å². The van der Waals surface area contributed by atoms with Gasteiger partial charge in [0.1, 0.15) is 17.6 Å². The summed E-state index contributed by atoms with van der Waals surface area (Å²) in [5.74, 6) is -0.700. The van der Waals surface area contributed by atoms with Crippen molar-refractivity contribution in [2.24, 2.45) is 0 Å². The van der Waals surface area contributed by atoms with Crippen molar-refractivity contribution in [2.45, 2.75) is 39.3 Å². The Hall–Kier alpha value is -2.60. The fraction of sp³-hybridized carbons (Fsp3) is 0.364. The highest BCUT2D eigenvalue weighted by atomic mass is 35.5. The Balaban J connectivity index is 2.12. The third-order valence-corrected chi connectivity index (χ3v) is 4.69. The van der Waals surface area contributed by atoms with E-state index in [9.17, 15) is 14.0 Å². The zero-order chi connectivity index (χ0) is 21.2. The number of unbranched alkanes of at least 4 members (excludes halogenated alkanes) is 1. The van der Waals surface area contributed by atoms with E-state index in [1.165, 1.54) is 11.0 Å². The Labute approximate surface area is 175 Å². The molecule has 0 aromatic heterocycles. The number of rotatable bonds is 10. The van der Waals surface area contributed by atoms with Crippen LogP contribution in [0.15, 0.2) is 48.5 Å². The summed E-state index contributed by atoms with van der Waals surface area (Å²) in [6, 6.07) is 12.1. The highest BCUT2D eigenvalue weighted by Gasteiger charge is 2.27. The molecule has 0 saturated heterocycles. The van der Waals surface area contributed by atoms with Crippen LogP contribution in [0, 0.1) is 5.82 Å². The summed E-state index contributed by atoms with van der Waals surface area (Å²) in [6.45, 7) is 3.85. The zero-order valence-corrected chi connectivity index (χ0v) is 17.4. The van der Waals surface area contributed by atoms with Crippen molar-refractivity contribution in [3.63, 3.8) is 0 Å². The largest absolute Gasteiger partial charge is 0.484 e. The van der Waals surface area contributed by atoms with Crippen LogP contribution >= 0.6 is 11.6 Å². The summed E-state index contributed by atoms with van der Waals surface area (Å²) in [7, 11) is 0. The molecular weight excluding hydrogens is 395 g/mol. The molecule has 156 valence electrons. The van der Waals surface area contributed by atoms with Crippen molar-refractivity contribution in [3.05, 3.63) is 64.9 Å². The normalized spacial score (nSPS) is 11.6. The van der Waals surface area contributed by atoms with E-state index in [2.05, 4.69) is 5.32 Å². The molecule has 0 unspecified atom stereocenters. The molecule has 0 bridgehead atoms. The molecule has 2 amide bonds. The van der Waals surface area contributed by atoms with Gasteiger partial charge in [-0.15, -0.1) is 0 Å². The smallest absolute Gasteiger partial charge is 0.261 e. The van der Waals surface area contributed by atoms with Gasteiger partial charge in [0.25, 0.3) is 5.91 Å². The number of halogens is 2. The Morgan fingerprint density at radius 1 is 1.21 bits per heavy atom. The van der Waals surface area contributed by atoms with E-state index in [1.807, 2.05) is 6.92 Å². The van der Waals surface area contributed by atoms with Crippen molar-refractivity contribution < 1.29 is 18.7 Å². The molecule has 5 nitrogen and oxygen atoms in total. The van der Waals surface area contributed by atoms with Crippen molar-refractivity contribution >= 4 is 23.4 Å². The molecule has 29 heavy (non-hydrogen) atoms. The lowest BCUT2D eigenvalue weighted by atomic mass is 10.1. The second-order valence-electron chi connectivity index (χ2n) is 6.68. The molecule has 0 spiro atoms. The zero-order valence-electron chi connectivity index (χ0n) is 16.7. The highest BCUT2D eigenvalue weighted by molar-refractivity contribution is 6.30. The summed E-state index contributed by atoms with van der Waals surface area (Å²) in [4.78, 5) is 26.7. The summed E-state index contributed by atoms with van der Waals surface area (Å²) >= 11 is 5.93. The topological polar surface area (TPSA) is 58.6 Å². The van der Waals surface area contributed by atoms with Crippen LogP contribution in [0.4, 0.5) is 4.39 Å². The lowest BCUT2D eigenvalue weighted by Crippen LogP contribution is -2.49. The first-order chi connectivity index (χ1) is 13.9. The van der Waals surface area contributed by atoms with Gasteiger partial charge in [0.15, 0.2) is 6.61 Å². The average molecular weight is 421 g/mol. The third-order valence-electron chi connectivity index (χ3n) is 4.45. The summed E-state index contributed by atoms with van der Waals surface area (Å²) < 4.78 is 19.7. The summed E-state index contributed by atoms with van der Waals surface area (Å²) in [5, 5.41) is 3.30. The number of carbonyl (C=O) groups is 2. The number of carbonyl (C=O) groups excluding carboxylic acids is 2. The van der Waals surface area contributed by atoms with Gasteiger partial charge in [-0.3, -0.25) is 9.59 Å². The molecular formula is C22H26ClFN2O3. The molecule has 0 aliphatic rings. The molecule has 1 atom stereocenters. The number of nitrogens with zero attached hydrogens (tertiary/aromatic N) is 1. The molecule has 7 heteroatoms. The van der Waals surface area contributed by atoms with E-state index < -0.39 is 17.8 Å². The number of hydrogen-bond donors (Lipinski definition) is 1. The van der Waals surface area contributed by atoms with Crippen LogP contribution in [0.2, 0.25) is 5.02 Å². The third kappa shape index (κ3) is 7.06. The minimum absolute atomic E-state index is 0.0349. The molecule has 0 fully saturated rings. The first-order valence-electron chi connectivity index (χ1n) is 9.61. The van der Waals surface area contributed by atoms with Crippen LogP contribution in [0.1, 0.15) is 32.3 Å². The standard InChI is InChI=1S/C22H26ClFN2O3/c1-3-4-12-25-22(28)16(2)26(14-17-8-5-6-11-20(17)24)21(27)15-29-19-10-7-9-18(23)13-19/h5-11,13,16H,3-4,12,14-15H2,1-2H3,(H,25,28)/t16-/m0/s1. The summed E-state index contributed by atoms with van der Waals surface area (Å²) in [6.07, 6.45) is 1.79. The highest BCUT2D eigenvalue weighted by Crippen LogP contribution is 2.18. The van der Waals surface area contributed by atoms with Crippen LogP contribution in [-0.4, -0.2) is 35.9 Å². The molecule has 2 rings (SSSR count). The molecule has 0 aliphatic carbocycles. The molecule has 0 aliphatic heterocycles. The number of benzene rings is 2. The second kappa shape index (κ2) is 11.4. The maximum Gasteiger partial charge on any atom is 0.261 e. The lowest BCUT2D eigenvalue weighted by Gasteiger charge is -2.29. The Bertz CT molecular complexity index is 831. The fourth-order valence-electron chi connectivity index (χ4n) is 2.71. The molecule has 1 N–H and O–H groups in total. The maximum atomic E-state index is 14.1. The number of ether oxygens (including phenoxy) is 1. The predicted octanol–water partition coefficient (Wildman–Crippen LogP) is 4.19. The van der Waals surface area contributed by atoms with Gasteiger partial charge in [-0.05, 0) is 37.6 Å². The quantitative estimate of drug-likeness (QED) is 0.586. The van der Waals surface area contributed by atoms with Crippen LogP contribution in [0.3, 0.4) is 0 Å². The fourth-order valence-corrected chi connectivity index (χ4v) is 2.89. The molecule has 0 heterocycles. The monoisotopic (exact) mass is 420 g/mol. The SMILES string of the molecule is CCCCNC(=O)[C@H](C)N(Cc1ccccc1F)C(=O)COc1cccc(Cl)c1. The minimum atomic E-state index is -0.776. The summed E-state index contributed by atoms with van der Waals surface area (Å²) in [5.41, 5.74) is 0.330. The Morgan fingerprint density at radius 2 is 1.97 bits per heavy atom. The average Bonchev–Trinajstić information content (AvgIpc) is 2.71. The van der Waals surface area contributed by atoms with Crippen LogP contribution in [0.25, 0.3) is 0 Å². The van der Waals surface area contributed by atoms with Gasteiger partial charge in [0.2, 0.25) is 5.91 Å². The number of hydrogen-bond acceptors (Lipinski definition) is 3. The van der Waals surface area contributed by atoms with Gasteiger partial charge in [-0.1, -0.05) is 49.2 Å². The van der Waals surface area contributed by atoms with E-state index in [0.29, 0.717) is 22.9 Å². The van der Waals surface area contributed by atoms with E-state index in [-0.39, 0.29) is 19.1 Å². The van der Waals surface area contributed by atoms with Gasteiger partial charge >= 0.3 is 0 Å². The lowest BCUT2D eigenvalue weighted by molar-refractivity contribution is -0.142. The van der Waals surface area contributed by atoms with Gasteiger partial charge < -0.3 is 15.0 Å². The first-order valence-corrected chi connectivity index (χ1v) is 9.99. The van der Waals surface area contributed by atoms with Crippen LogP contribution in [-0.2, 0) is 16.1 Å². The van der Waals surface area contributed by atoms with Gasteiger partial charge in [0, 0.05) is 23.7 Å². The predicted molar refractivity (Wildman–Crippen MR) is 111 cm³/mol. The Morgan fingerprint density at radius 3 is 2.66 bits per heavy atom. The maximum absolute atomic E-state index is 14.1. The van der Waals surface area contributed by atoms with Gasteiger partial charge in [-0.2, -0.15) is 0 Å². The van der Waals surface area contributed by atoms with Crippen molar-refractivity contribution in [1.82, 2.24) is 10.2 Å². The number of nitrogens with one attached hydrogen (secondary N) is 1. The number of amides is 2.